The molecule has 0 spiro atoms. The second-order valence-corrected chi connectivity index (χ2v) is 6.45. The summed E-state index contributed by atoms with van der Waals surface area (Å²) in [6, 6.07) is 25.5. The van der Waals surface area contributed by atoms with Crippen LogP contribution in [0.4, 0.5) is 5.69 Å². The van der Waals surface area contributed by atoms with Gasteiger partial charge in [0.05, 0.1) is 0 Å². The van der Waals surface area contributed by atoms with Gasteiger partial charge in [0.1, 0.15) is 5.52 Å². The van der Waals surface area contributed by atoms with Crippen molar-refractivity contribution in [2.75, 3.05) is 5.32 Å². The predicted molar refractivity (Wildman–Crippen MR) is 107 cm³/mol. The van der Waals surface area contributed by atoms with Crippen LogP contribution < -0.4 is 5.32 Å². The summed E-state index contributed by atoms with van der Waals surface area (Å²) in [5.74, 6) is 0.567. The van der Waals surface area contributed by atoms with Gasteiger partial charge < -0.3 is 9.73 Å². The molecule has 0 aliphatic rings. The maximum atomic E-state index is 12.2. The normalized spacial score (nSPS) is 10.8. The lowest BCUT2D eigenvalue weighted by Gasteiger charge is -2.06. The Bertz CT molecular complexity index is 1020. The van der Waals surface area contributed by atoms with Crippen molar-refractivity contribution < 1.29 is 9.21 Å². The Morgan fingerprint density at radius 2 is 1.74 bits per heavy atom. The maximum absolute atomic E-state index is 12.2. The molecule has 134 valence electrons. The summed E-state index contributed by atoms with van der Waals surface area (Å²) in [6.07, 6.45) is 2.21. The lowest BCUT2D eigenvalue weighted by molar-refractivity contribution is -0.116. The molecular formula is C23H20N2O2. The number of fused-ring (bicyclic) bond motifs is 1. The first-order valence-electron chi connectivity index (χ1n) is 9.08. The van der Waals surface area contributed by atoms with Crippen LogP contribution in [0.15, 0.2) is 83.3 Å². The number of nitrogens with zero attached hydrogens (tertiary/aromatic N) is 1. The third-order valence-electron chi connectivity index (χ3n) is 4.40. The number of carbonyl (C=O) groups is 1. The van der Waals surface area contributed by atoms with Crippen molar-refractivity contribution in [3.8, 4) is 11.5 Å². The van der Waals surface area contributed by atoms with Crippen molar-refractivity contribution in [3.63, 3.8) is 0 Å². The first-order valence-corrected chi connectivity index (χ1v) is 9.08. The van der Waals surface area contributed by atoms with E-state index in [0.717, 1.165) is 35.2 Å². The predicted octanol–water partition coefficient (Wildman–Crippen LogP) is 5.46. The van der Waals surface area contributed by atoms with Crippen LogP contribution >= 0.6 is 0 Å². The van der Waals surface area contributed by atoms with Crippen LogP contribution in [0.1, 0.15) is 18.4 Å². The molecule has 4 nitrogen and oxygen atoms in total. The Morgan fingerprint density at radius 3 is 2.59 bits per heavy atom. The van der Waals surface area contributed by atoms with Gasteiger partial charge in [-0.15, -0.1) is 0 Å². The van der Waals surface area contributed by atoms with E-state index < -0.39 is 0 Å². The van der Waals surface area contributed by atoms with Crippen LogP contribution in [-0.2, 0) is 11.2 Å². The van der Waals surface area contributed by atoms with Gasteiger partial charge in [0.25, 0.3) is 0 Å². The highest BCUT2D eigenvalue weighted by atomic mass is 16.3. The third-order valence-corrected chi connectivity index (χ3v) is 4.40. The quantitative estimate of drug-likeness (QED) is 0.499. The second-order valence-electron chi connectivity index (χ2n) is 6.45. The van der Waals surface area contributed by atoms with Gasteiger partial charge in [0, 0.05) is 17.7 Å². The zero-order valence-corrected chi connectivity index (χ0v) is 14.9. The van der Waals surface area contributed by atoms with E-state index in [9.17, 15) is 4.79 Å². The largest absolute Gasteiger partial charge is 0.436 e. The fraction of sp³-hybridized carbons (Fsp3) is 0.130. The molecule has 0 fully saturated rings. The van der Waals surface area contributed by atoms with Crippen molar-refractivity contribution in [1.82, 2.24) is 4.98 Å². The number of oxazole rings is 1. The summed E-state index contributed by atoms with van der Waals surface area (Å²) >= 11 is 0. The number of aryl methyl sites for hydroxylation is 1. The highest BCUT2D eigenvalue weighted by Gasteiger charge is 2.09. The number of anilines is 1. The molecule has 0 aliphatic heterocycles. The Labute approximate surface area is 157 Å². The van der Waals surface area contributed by atoms with Gasteiger partial charge in [-0.05, 0) is 48.7 Å². The molecule has 0 atom stereocenters. The summed E-state index contributed by atoms with van der Waals surface area (Å²) in [6.45, 7) is 0. The van der Waals surface area contributed by atoms with E-state index in [1.165, 1.54) is 5.56 Å². The number of nitrogens with one attached hydrogen (secondary N) is 1. The smallest absolute Gasteiger partial charge is 0.227 e. The van der Waals surface area contributed by atoms with Crippen LogP contribution in [0, 0.1) is 0 Å². The number of hydrogen-bond acceptors (Lipinski definition) is 3. The van der Waals surface area contributed by atoms with Crippen molar-refractivity contribution >= 4 is 22.7 Å². The molecule has 1 amide bonds. The molecule has 0 saturated carbocycles. The lowest BCUT2D eigenvalue weighted by Crippen LogP contribution is -2.11. The zero-order chi connectivity index (χ0) is 18.5. The van der Waals surface area contributed by atoms with Gasteiger partial charge in [0.2, 0.25) is 11.8 Å². The summed E-state index contributed by atoms with van der Waals surface area (Å²) in [5.41, 5.74) is 4.42. The number of hydrogen-bond donors (Lipinski definition) is 1. The molecule has 1 N–H and O–H groups in total. The summed E-state index contributed by atoms with van der Waals surface area (Å²) < 4.78 is 5.80. The fourth-order valence-corrected chi connectivity index (χ4v) is 3.05. The first kappa shape index (κ1) is 17.0. The van der Waals surface area contributed by atoms with E-state index in [0.29, 0.717) is 12.3 Å². The molecule has 0 aliphatic carbocycles. The molecule has 0 saturated heterocycles. The zero-order valence-electron chi connectivity index (χ0n) is 14.9. The van der Waals surface area contributed by atoms with Gasteiger partial charge in [-0.1, -0.05) is 48.5 Å². The fourth-order valence-electron chi connectivity index (χ4n) is 3.05. The molecular weight excluding hydrogens is 336 g/mol. The molecule has 4 aromatic rings. The number of rotatable bonds is 6. The van der Waals surface area contributed by atoms with E-state index in [1.54, 1.807) is 0 Å². The maximum Gasteiger partial charge on any atom is 0.227 e. The average molecular weight is 356 g/mol. The summed E-state index contributed by atoms with van der Waals surface area (Å²) in [7, 11) is 0. The molecule has 4 rings (SSSR count). The Kier molecular flexibility index (Phi) is 4.97. The monoisotopic (exact) mass is 356 g/mol. The standard InChI is InChI=1S/C23H20N2O2/c26-22(15-6-10-17-8-2-1-3-9-17)24-19-12-7-11-18(16-19)23-25-20-13-4-5-14-21(20)27-23/h1-5,7-9,11-14,16H,6,10,15H2,(H,24,26). The Balaban J connectivity index is 1.39. The van der Waals surface area contributed by atoms with Crippen LogP contribution in [0.5, 0.6) is 0 Å². The molecule has 4 heteroatoms. The minimum atomic E-state index is 0.0145. The van der Waals surface area contributed by atoms with Crippen LogP contribution in [-0.4, -0.2) is 10.9 Å². The highest BCUT2D eigenvalue weighted by Crippen LogP contribution is 2.26. The van der Waals surface area contributed by atoms with Crippen molar-refractivity contribution in [3.05, 3.63) is 84.4 Å². The van der Waals surface area contributed by atoms with Gasteiger partial charge in [-0.25, -0.2) is 4.98 Å². The molecule has 1 aromatic heterocycles. The SMILES string of the molecule is O=C(CCCc1ccccc1)Nc1cccc(-c2nc3ccccc3o2)c1. The van der Waals surface area contributed by atoms with E-state index in [2.05, 4.69) is 22.4 Å². The summed E-state index contributed by atoms with van der Waals surface area (Å²) in [5, 5.41) is 2.96. The summed E-state index contributed by atoms with van der Waals surface area (Å²) in [4.78, 5) is 16.7. The van der Waals surface area contributed by atoms with Crippen LogP contribution in [0.2, 0.25) is 0 Å². The van der Waals surface area contributed by atoms with Crippen molar-refractivity contribution in [1.29, 1.82) is 0 Å². The molecule has 0 radical (unpaired) electrons. The van der Waals surface area contributed by atoms with Crippen molar-refractivity contribution in [2.24, 2.45) is 0 Å². The van der Waals surface area contributed by atoms with E-state index in [4.69, 9.17) is 4.42 Å². The molecule has 0 bridgehead atoms. The number of amides is 1. The van der Waals surface area contributed by atoms with Gasteiger partial charge >= 0.3 is 0 Å². The van der Waals surface area contributed by atoms with E-state index in [-0.39, 0.29) is 5.91 Å². The molecule has 3 aromatic carbocycles. The molecule has 1 heterocycles. The van der Waals surface area contributed by atoms with Crippen molar-refractivity contribution in [2.45, 2.75) is 19.3 Å². The van der Waals surface area contributed by atoms with Gasteiger partial charge in [0.15, 0.2) is 5.58 Å². The Morgan fingerprint density at radius 1 is 0.926 bits per heavy atom. The third kappa shape index (κ3) is 4.23. The van der Waals surface area contributed by atoms with E-state index in [1.807, 2.05) is 66.7 Å². The van der Waals surface area contributed by atoms with E-state index >= 15 is 0 Å². The second kappa shape index (κ2) is 7.87. The highest BCUT2D eigenvalue weighted by molar-refractivity contribution is 5.91. The first-order chi connectivity index (χ1) is 13.3. The average Bonchev–Trinajstić information content (AvgIpc) is 3.13. The van der Waals surface area contributed by atoms with Crippen LogP contribution in [0.3, 0.4) is 0 Å². The van der Waals surface area contributed by atoms with Crippen LogP contribution in [0.25, 0.3) is 22.6 Å². The molecule has 27 heavy (non-hydrogen) atoms. The Hall–Kier alpha value is -3.40. The molecule has 0 unspecified atom stereocenters. The topological polar surface area (TPSA) is 55.1 Å². The number of para-hydroxylation sites is 2. The number of aromatic nitrogens is 1. The minimum absolute atomic E-state index is 0.0145. The lowest BCUT2D eigenvalue weighted by atomic mass is 10.1. The number of benzene rings is 3. The van der Waals surface area contributed by atoms with Gasteiger partial charge in [-0.3, -0.25) is 4.79 Å². The van der Waals surface area contributed by atoms with Gasteiger partial charge in [-0.2, -0.15) is 0 Å². The minimum Gasteiger partial charge on any atom is -0.436 e. The number of carbonyl (C=O) groups excluding carboxylic acids is 1.